The minimum atomic E-state index is -0.741. The van der Waals surface area contributed by atoms with E-state index in [1.54, 1.807) is 19.9 Å². The zero-order valence-electron chi connectivity index (χ0n) is 23.8. The molecule has 4 aromatic rings. The Morgan fingerprint density at radius 2 is 1.49 bits per heavy atom. The van der Waals surface area contributed by atoms with E-state index in [1.165, 1.54) is 0 Å². The molecule has 5 nitrogen and oxygen atoms in total. The number of carbonyl (C=O) groups excluding carboxylic acids is 1. The average molecular weight is 525 g/mol. The number of benzene rings is 3. The van der Waals surface area contributed by atoms with Crippen LogP contribution in [-0.2, 0) is 11.3 Å². The monoisotopic (exact) mass is 524 g/mol. The Bertz CT molecular complexity index is 1490. The Hall–Kier alpha value is -4.25. The van der Waals surface area contributed by atoms with E-state index in [0.717, 1.165) is 51.5 Å². The van der Waals surface area contributed by atoms with Crippen LogP contribution in [0.25, 0.3) is 21.8 Å². The number of aliphatic carboxylic acids is 1. The van der Waals surface area contributed by atoms with Crippen molar-refractivity contribution in [2.75, 3.05) is 0 Å². The Morgan fingerprint density at radius 1 is 0.974 bits per heavy atom. The third-order valence-corrected chi connectivity index (χ3v) is 6.27. The van der Waals surface area contributed by atoms with Gasteiger partial charge in [0.05, 0.1) is 5.92 Å². The number of fused-ring (bicyclic) bond motifs is 3. The number of ketones is 1. The second-order valence-electron chi connectivity index (χ2n) is 9.56. The quantitative estimate of drug-likeness (QED) is 0.137. The number of aryl methyl sites for hydroxylation is 2. The first-order valence-corrected chi connectivity index (χ1v) is 13.3. The fraction of sp³-hybridized carbons (Fsp3) is 0.265. The van der Waals surface area contributed by atoms with Crippen LogP contribution >= 0.6 is 0 Å². The number of nitrogens with one attached hydrogen (secondary N) is 1. The molecule has 0 saturated carbocycles. The van der Waals surface area contributed by atoms with Crippen molar-refractivity contribution < 1.29 is 14.7 Å². The molecule has 1 aromatic heterocycles. The summed E-state index contributed by atoms with van der Waals surface area (Å²) in [6, 6.07) is 19.9. The summed E-state index contributed by atoms with van der Waals surface area (Å²) in [6.07, 6.45) is 5.07. The van der Waals surface area contributed by atoms with Crippen LogP contribution in [0.1, 0.15) is 67.6 Å². The lowest BCUT2D eigenvalue weighted by Gasteiger charge is -2.06. The number of aromatic nitrogens is 1. The molecule has 0 aliphatic heterocycles. The van der Waals surface area contributed by atoms with Crippen molar-refractivity contribution in [2.24, 2.45) is 5.92 Å². The Kier molecular flexibility index (Phi) is 11.6. The molecule has 39 heavy (non-hydrogen) atoms. The van der Waals surface area contributed by atoms with Crippen molar-refractivity contribution >= 4 is 39.3 Å². The first-order valence-electron chi connectivity index (χ1n) is 13.3. The lowest BCUT2D eigenvalue weighted by Crippen LogP contribution is -2.03. The van der Waals surface area contributed by atoms with E-state index in [2.05, 4.69) is 36.8 Å². The average Bonchev–Trinajstić information content (AvgIpc) is 3.24. The number of hydrogen-bond donors (Lipinski definition) is 2. The van der Waals surface area contributed by atoms with Crippen LogP contribution in [0.5, 0.6) is 0 Å². The van der Waals surface area contributed by atoms with E-state index in [0.29, 0.717) is 17.7 Å². The number of carboxylic acids is 1. The van der Waals surface area contributed by atoms with Crippen LogP contribution in [0.15, 0.2) is 86.0 Å². The SMILES string of the molecule is C=CC.C=CCCC(=N)c1ccc2c(c1)c1cc(C(=O)c3ccccc3C)ccc1n2CC.CC(C)C(=O)O. The summed E-state index contributed by atoms with van der Waals surface area (Å²) in [5.41, 5.74) is 6.20. The highest BCUT2D eigenvalue weighted by atomic mass is 16.4. The third kappa shape index (κ3) is 7.64. The van der Waals surface area contributed by atoms with Gasteiger partial charge in [0, 0.05) is 45.2 Å². The first-order chi connectivity index (χ1) is 18.6. The summed E-state index contributed by atoms with van der Waals surface area (Å²) in [5, 5.41) is 18.5. The number of carboxylic acid groups (broad SMARTS) is 1. The number of rotatable bonds is 8. The van der Waals surface area contributed by atoms with Gasteiger partial charge in [-0.25, -0.2) is 0 Å². The van der Waals surface area contributed by atoms with E-state index in [-0.39, 0.29) is 11.7 Å². The van der Waals surface area contributed by atoms with Gasteiger partial charge >= 0.3 is 5.97 Å². The van der Waals surface area contributed by atoms with Crippen LogP contribution in [0.3, 0.4) is 0 Å². The molecule has 0 amide bonds. The molecular formula is C34H40N2O3. The fourth-order valence-electron chi connectivity index (χ4n) is 4.15. The summed E-state index contributed by atoms with van der Waals surface area (Å²) in [7, 11) is 0. The van der Waals surface area contributed by atoms with Gasteiger partial charge in [0.25, 0.3) is 0 Å². The van der Waals surface area contributed by atoms with Gasteiger partial charge in [-0.2, -0.15) is 0 Å². The normalized spacial score (nSPS) is 10.3. The van der Waals surface area contributed by atoms with E-state index in [9.17, 15) is 9.59 Å². The van der Waals surface area contributed by atoms with E-state index in [4.69, 9.17) is 10.5 Å². The zero-order chi connectivity index (χ0) is 29.1. The number of allylic oxidation sites excluding steroid dienone is 2. The smallest absolute Gasteiger partial charge is 0.305 e. The molecule has 2 N–H and O–H groups in total. The minimum Gasteiger partial charge on any atom is -0.481 e. The highest BCUT2D eigenvalue weighted by molar-refractivity contribution is 6.16. The lowest BCUT2D eigenvalue weighted by atomic mass is 9.97. The predicted molar refractivity (Wildman–Crippen MR) is 164 cm³/mol. The molecular weight excluding hydrogens is 484 g/mol. The molecule has 204 valence electrons. The van der Waals surface area contributed by atoms with Crippen LogP contribution in [0.4, 0.5) is 0 Å². The molecule has 0 fully saturated rings. The van der Waals surface area contributed by atoms with E-state index in [1.807, 2.05) is 68.5 Å². The van der Waals surface area contributed by atoms with Crippen LogP contribution in [-0.4, -0.2) is 27.1 Å². The maximum absolute atomic E-state index is 13.2. The van der Waals surface area contributed by atoms with Crippen molar-refractivity contribution in [1.82, 2.24) is 4.57 Å². The summed E-state index contributed by atoms with van der Waals surface area (Å²) in [5.74, 6) is -0.928. The Balaban J connectivity index is 0.000000516. The maximum Gasteiger partial charge on any atom is 0.305 e. The second kappa shape index (κ2) is 14.6. The van der Waals surface area contributed by atoms with Crippen molar-refractivity contribution in [3.8, 4) is 0 Å². The molecule has 0 atom stereocenters. The van der Waals surface area contributed by atoms with Crippen molar-refractivity contribution in [2.45, 2.75) is 54.0 Å². The maximum atomic E-state index is 13.2. The molecule has 0 aliphatic rings. The fourth-order valence-corrected chi connectivity index (χ4v) is 4.15. The summed E-state index contributed by atoms with van der Waals surface area (Å²) >= 11 is 0. The van der Waals surface area contributed by atoms with Crippen molar-refractivity contribution in [3.05, 3.63) is 108 Å². The molecule has 0 radical (unpaired) electrons. The van der Waals surface area contributed by atoms with Crippen LogP contribution in [0, 0.1) is 18.3 Å². The highest BCUT2D eigenvalue weighted by Crippen LogP contribution is 2.32. The van der Waals surface area contributed by atoms with Gasteiger partial charge < -0.3 is 15.1 Å². The zero-order valence-corrected chi connectivity index (χ0v) is 23.8. The molecule has 0 unspecified atom stereocenters. The molecule has 0 bridgehead atoms. The summed E-state index contributed by atoms with van der Waals surface area (Å²) in [4.78, 5) is 22.9. The molecule has 0 aliphatic carbocycles. The van der Waals surface area contributed by atoms with Gasteiger partial charge in [-0.05, 0) is 75.1 Å². The van der Waals surface area contributed by atoms with Crippen molar-refractivity contribution in [1.29, 1.82) is 5.41 Å². The second-order valence-corrected chi connectivity index (χ2v) is 9.56. The molecule has 3 aromatic carbocycles. The molecule has 0 saturated heterocycles. The van der Waals surface area contributed by atoms with Gasteiger partial charge in [0.15, 0.2) is 5.78 Å². The molecule has 5 heteroatoms. The topological polar surface area (TPSA) is 83.2 Å². The Morgan fingerprint density at radius 3 is 1.97 bits per heavy atom. The van der Waals surface area contributed by atoms with Crippen molar-refractivity contribution in [3.63, 3.8) is 0 Å². The minimum absolute atomic E-state index is 0.0438. The predicted octanol–water partition coefficient (Wildman–Crippen LogP) is 8.61. The number of nitrogens with zero attached hydrogens (tertiary/aromatic N) is 1. The largest absolute Gasteiger partial charge is 0.481 e. The van der Waals surface area contributed by atoms with Gasteiger partial charge in [-0.3, -0.25) is 9.59 Å². The lowest BCUT2D eigenvalue weighted by molar-refractivity contribution is -0.140. The molecule has 0 spiro atoms. The number of carbonyl (C=O) groups is 2. The van der Waals surface area contributed by atoms with Gasteiger partial charge in [0.2, 0.25) is 0 Å². The first kappa shape index (κ1) is 31.0. The summed E-state index contributed by atoms with van der Waals surface area (Å²) < 4.78 is 2.27. The van der Waals surface area contributed by atoms with Crippen LogP contribution in [0.2, 0.25) is 0 Å². The van der Waals surface area contributed by atoms with Crippen LogP contribution < -0.4 is 0 Å². The molecule has 1 heterocycles. The summed E-state index contributed by atoms with van der Waals surface area (Å²) in [6.45, 7) is 17.2. The number of hydrogen-bond acceptors (Lipinski definition) is 3. The standard InChI is InChI=1S/C27H26N2O.C4H8O2.C3H6/c1-4-6-11-24(28)19-12-14-25-22(16-19)23-17-20(13-15-26(23)29(25)5-2)27(30)21-10-8-7-9-18(21)3;1-3(2)4(5)6;1-3-2/h4,7-10,12-17,28H,1,5-6,11H2,2-3H3;3H,1-2H3,(H,5,6);3H,1H2,2H3. The third-order valence-electron chi connectivity index (χ3n) is 6.27. The van der Waals surface area contributed by atoms with E-state index < -0.39 is 5.97 Å². The highest BCUT2D eigenvalue weighted by Gasteiger charge is 2.16. The Labute approximate surface area is 232 Å². The molecule has 4 rings (SSSR count). The van der Waals surface area contributed by atoms with E-state index >= 15 is 0 Å². The van der Waals surface area contributed by atoms with Gasteiger partial charge in [-0.15, -0.1) is 13.2 Å². The van der Waals surface area contributed by atoms with Gasteiger partial charge in [-0.1, -0.05) is 56.3 Å². The van der Waals surface area contributed by atoms with Gasteiger partial charge in [0.1, 0.15) is 0 Å².